The van der Waals surface area contributed by atoms with E-state index in [0.717, 1.165) is 4.90 Å². The van der Waals surface area contributed by atoms with Crippen molar-refractivity contribution >= 4 is 23.4 Å². The van der Waals surface area contributed by atoms with E-state index in [0.29, 0.717) is 11.3 Å². The van der Waals surface area contributed by atoms with Gasteiger partial charge < -0.3 is 10.0 Å². The molecule has 2 aromatic rings. The lowest BCUT2D eigenvalue weighted by molar-refractivity contribution is 0.0990. The number of carbonyl (C=O) groups excluding carboxylic acids is 1. The molecule has 3 nitrogen and oxygen atoms in total. The first-order valence-electron chi connectivity index (χ1n) is 5.83. The Balaban J connectivity index is 2.33. The van der Waals surface area contributed by atoms with Crippen LogP contribution in [0.15, 0.2) is 53.4 Å². The monoisotopic (exact) mass is 273 g/mol. The van der Waals surface area contributed by atoms with Crippen LogP contribution in [0, 0.1) is 0 Å². The summed E-state index contributed by atoms with van der Waals surface area (Å²) in [6.45, 7) is 0. The third kappa shape index (κ3) is 2.90. The van der Waals surface area contributed by atoms with Crippen LogP contribution >= 0.6 is 11.8 Å². The number of phenols is 1. The molecule has 1 N–H and O–H groups in total. The van der Waals surface area contributed by atoms with Crippen LogP contribution in [-0.4, -0.2) is 24.3 Å². The number of benzene rings is 2. The number of anilines is 1. The number of carbonyl (C=O) groups is 1. The minimum Gasteiger partial charge on any atom is -0.508 e. The molecular weight excluding hydrogens is 258 g/mol. The highest BCUT2D eigenvalue weighted by Crippen LogP contribution is 2.24. The number of amides is 1. The predicted octanol–water partition coefficient (Wildman–Crippen LogP) is 3.39. The zero-order valence-corrected chi connectivity index (χ0v) is 11.6. The van der Waals surface area contributed by atoms with Crippen LogP contribution in [-0.2, 0) is 0 Å². The van der Waals surface area contributed by atoms with E-state index in [1.165, 1.54) is 4.90 Å². The first kappa shape index (κ1) is 13.5. The maximum absolute atomic E-state index is 12.5. The molecule has 98 valence electrons. The molecule has 0 saturated carbocycles. The van der Waals surface area contributed by atoms with Crippen molar-refractivity contribution in [2.75, 3.05) is 18.2 Å². The largest absolute Gasteiger partial charge is 0.508 e. The molecule has 0 bridgehead atoms. The van der Waals surface area contributed by atoms with Crippen molar-refractivity contribution in [1.82, 2.24) is 0 Å². The van der Waals surface area contributed by atoms with Gasteiger partial charge in [-0.05, 0) is 30.5 Å². The SMILES string of the molecule is CSc1ccccc1C(=O)N(C)c1cccc(O)c1. The fourth-order valence-electron chi connectivity index (χ4n) is 1.82. The van der Waals surface area contributed by atoms with E-state index < -0.39 is 0 Å². The lowest BCUT2D eigenvalue weighted by atomic mass is 10.2. The molecule has 4 heteroatoms. The summed E-state index contributed by atoms with van der Waals surface area (Å²) in [5.41, 5.74) is 1.33. The lowest BCUT2D eigenvalue weighted by Crippen LogP contribution is -2.26. The van der Waals surface area contributed by atoms with E-state index in [1.54, 1.807) is 43.1 Å². The second kappa shape index (κ2) is 5.80. The first-order chi connectivity index (χ1) is 9.13. The number of aromatic hydroxyl groups is 1. The zero-order valence-electron chi connectivity index (χ0n) is 10.8. The molecule has 2 aromatic carbocycles. The maximum atomic E-state index is 12.5. The lowest BCUT2D eigenvalue weighted by Gasteiger charge is -2.18. The van der Waals surface area contributed by atoms with Crippen molar-refractivity contribution < 1.29 is 9.90 Å². The average Bonchev–Trinajstić information content (AvgIpc) is 2.45. The Kier molecular flexibility index (Phi) is 4.12. The number of nitrogens with zero attached hydrogens (tertiary/aromatic N) is 1. The summed E-state index contributed by atoms with van der Waals surface area (Å²) >= 11 is 1.54. The molecular formula is C15H15NO2S. The normalized spacial score (nSPS) is 10.2. The summed E-state index contributed by atoms with van der Waals surface area (Å²) in [5, 5.41) is 9.47. The van der Waals surface area contributed by atoms with Gasteiger partial charge in [0.2, 0.25) is 0 Å². The summed E-state index contributed by atoms with van der Waals surface area (Å²) in [5.74, 6) is 0.0610. The molecule has 0 atom stereocenters. The molecule has 2 rings (SSSR count). The van der Waals surface area contributed by atoms with Crippen LogP contribution in [0.25, 0.3) is 0 Å². The molecule has 0 aliphatic rings. The van der Waals surface area contributed by atoms with E-state index in [4.69, 9.17) is 0 Å². The summed E-state index contributed by atoms with van der Waals surface area (Å²) < 4.78 is 0. The summed E-state index contributed by atoms with van der Waals surface area (Å²) in [6, 6.07) is 14.2. The highest BCUT2D eigenvalue weighted by molar-refractivity contribution is 7.98. The van der Waals surface area contributed by atoms with Gasteiger partial charge in [0, 0.05) is 23.7 Å². The van der Waals surface area contributed by atoms with Crippen LogP contribution < -0.4 is 4.90 Å². The van der Waals surface area contributed by atoms with Crippen LogP contribution in [0.4, 0.5) is 5.69 Å². The Bertz CT molecular complexity index is 598. The number of thioether (sulfide) groups is 1. The quantitative estimate of drug-likeness (QED) is 0.871. The van der Waals surface area contributed by atoms with Crippen LogP contribution in [0.1, 0.15) is 10.4 Å². The third-order valence-corrected chi connectivity index (χ3v) is 3.65. The topological polar surface area (TPSA) is 40.5 Å². The fourth-order valence-corrected chi connectivity index (χ4v) is 2.41. The average molecular weight is 273 g/mol. The minimum atomic E-state index is -0.0875. The highest BCUT2D eigenvalue weighted by Gasteiger charge is 2.16. The van der Waals surface area contributed by atoms with Gasteiger partial charge in [-0.2, -0.15) is 0 Å². The molecule has 0 aromatic heterocycles. The number of hydrogen-bond acceptors (Lipinski definition) is 3. The molecule has 19 heavy (non-hydrogen) atoms. The maximum Gasteiger partial charge on any atom is 0.259 e. The van der Waals surface area contributed by atoms with Gasteiger partial charge in [0.15, 0.2) is 0 Å². The molecule has 0 heterocycles. The Morgan fingerprint density at radius 2 is 1.89 bits per heavy atom. The minimum absolute atomic E-state index is 0.0875. The second-order valence-electron chi connectivity index (χ2n) is 4.08. The van der Waals surface area contributed by atoms with E-state index in [1.807, 2.05) is 30.5 Å². The molecule has 0 unspecified atom stereocenters. The van der Waals surface area contributed by atoms with Crippen LogP contribution in [0.3, 0.4) is 0 Å². The van der Waals surface area contributed by atoms with Crippen molar-refractivity contribution in [3.63, 3.8) is 0 Å². The Hall–Kier alpha value is -1.94. The van der Waals surface area contributed by atoms with E-state index >= 15 is 0 Å². The fraction of sp³-hybridized carbons (Fsp3) is 0.133. The van der Waals surface area contributed by atoms with Crippen molar-refractivity contribution in [3.8, 4) is 5.75 Å². The smallest absolute Gasteiger partial charge is 0.259 e. The number of phenolic OH excluding ortho intramolecular Hbond substituents is 1. The van der Waals surface area contributed by atoms with Gasteiger partial charge >= 0.3 is 0 Å². The highest BCUT2D eigenvalue weighted by atomic mass is 32.2. The number of hydrogen-bond donors (Lipinski definition) is 1. The van der Waals surface area contributed by atoms with Crippen LogP contribution in [0.5, 0.6) is 5.75 Å². The molecule has 0 fully saturated rings. The van der Waals surface area contributed by atoms with Crippen molar-refractivity contribution in [2.45, 2.75) is 4.90 Å². The molecule has 1 amide bonds. The summed E-state index contributed by atoms with van der Waals surface area (Å²) in [4.78, 5) is 14.9. The molecule has 0 radical (unpaired) electrons. The molecule has 0 saturated heterocycles. The Morgan fingerprint density at radius 3 is 2.58 bits per heavy atom. The second-order valence-corrected chi connectivity index (χ2v) is 4.93. The third-order valence-electron chi connectivity index (χ3n) is 2.86. The van der Waals surface area contributed by atoms with Crippen molar-refractivity contribution in [1.29, 1.82) is 0 Å². The van der Waals surface area contributed by atoms with Gasteiger partial charge in [0.05, 0.1) is 5.56 Å². The van der Waals surface area contributed by atoms with Gasteiger partial charge in [-0.25, -0.2) is 0 Å². The van der Waals surface area contributed by atoms with Gasteiger partial charge in [-0.15, -0.1) is 11.8 Å². The van der Waals surface area contributed by atoms with Gasteiger partial charge in [0.1, 0.15) is 5.75 Å². The molecule has 0 spiro atoms. The van der Waals surface area contributed by atoms with Gasteiger partial charge in [-0.3, -0.25) is 4.79 Å². The predicted molar refractivity (Wildman–Crippen MR) is 79.1 cm³/mol. The van der Waals surface area contributed by atoms with Crippen molar-refractivity contribution in [2.24, 2.45) is 0 Å². The Morgan fingerprint density at radius 1 is 1.16 bits per heavy atom. The van der Waals surface area contributed by atoms with E-state index in [-0.39, 0.29) is 11.7 Å². The van der Waals surface area contributed by atoms with E-state index in [9.17, 15) is 9.90 Å². The van der Waals surface area contributed by atoms with Crippen LogP contribution in [0.2, 0.25) is 0 Å². The summed E-state index contributed by atoms with van der Waals surface area (Å²) in [7, 11) is 1.70. The molecule has 0 aliphatic carbocycles. The number of rotatable bonds is 3. The summed E-state index contributed by atoms with van der Waals surface area (Å²) in [6.07, 6.45) is 1.94. The van der Waals surface area contributed by atoms with Crippen molar-refractivity contribution in [3.05, 3.63) is 54.1 Å². The van der Waals surface area contributed by atoms with Gasteiger partial charge in [-0.1, -0.05) is 18.2 Å². The van der Waals surface area contributed by atoms with Gasteiger partial charge in [0.25, 0.3) is 5.91 Å². The Labute approximate surface area is 116 Å². The zero-order chi connectivity index (χ0) is 13.8. The van der Waals surface area contributed by atoms with E-state index in [2.05, 4.69) is 0 Å². The first-order valence-corrected chi connectivity index (χ1v) is 7.06. The standard InChI is InChI=1S/C15H15NO2S/c1-16(11-6-5-7-12(17)10-11)15(18)13-8-3-4-9-14(13)19-2/h3-10,17H,1-2H3. The molecule has 0 aliphatic heterocycles.